The average molecular weight is 728 g/mol. The summed E-state index contributed by atoms with van der Waals surface area (Å²) in [5, 5.41) is 12.9. The summed E-state index contributed by atoms with van der Waals surface area (Å²) in [6, 6.07) is 15.0. The summed E-state index contributed by atoms with van der Waals surface area (Å²) in [6.45, 7) is 7.39. The number of tetrazole rings is 1. The molecule has 0 aliphatic carbocycles. The third kappa shape index (κ3) is 7.74. The third-order valence-corrected chi connectivity index (χ3v) is 8.73. The molecule has 1 saturated heterocycles. The van der Waals surface area contributed by atoms with Crippen molar-refractivity contribution in [3.05, 3.63) is 71.2 Å². The molecule has 0 saturated carbocycles. The molecule has 2 aliphatic heterocycles. The van der Waals surface area contributed by atoms with Crippen molar-refractivity contribution in [2.24, 2.45) is 0 Å². The molecule has 1 fully saturated rings. The molecule has 0 N–H and O–H groups in total. The van der Waals surface area contributed by atoms with Crippen LogP contribution in [0.5, 0.6) is 0 Å². The second-order valence-electron chi connectivity index (χ2n) is 12.5. The summed E-state index contributed by atoms with van der Waals surface area (Å²) in [5.74, 6) is -1.98. The van der Waals surface area contributed by atoms with Crippen LogP contribution in [0.25, 0.3) is 22.5 Å². The molecule has 1 amide bonds. The molecular formula is C36H37N7O10. The summed E-state index contributed by atoms with van der Waals surface area (Å²) in [6.07, 6.45) is -6.65. The van der Waals surface area contributed by atoms with Gasteiger partial charge >= 0.3 is 23.9 Å². The van der Waals surface area contributed by atoms with Crippen molar-refractivity contribution in [3.8, 4) is 22.5 Å². The number of aromatic nitrogens is 6. The molecule has 53 heavy (non-hydrogen) atoms. The Labute approximate surface area is 303 Å². The Bertz CT molecular complexity index is 2070. The van der Waals surface area contributed by atoms with Crippen molar-refractivity contribution in [1.29, 1.82) is 0 Å². The second kappa shape index (κ2) is 15.2. The van der Waals surface area contributed by atoms with Crippen molar-refractivity contribution in [2.45, 2.75) is 84.6 Å². The fourth-order valence-corrected chi connectivity index (χ4v) is 6.51. The monoisotopic (exact) mass is 727 g/mol. The average Bonchev–Trinajstić information content (AvgIpc) is 3.60. The molecule has 0 bridgehead atoms. The number of benzene rings is 2. The summed E-state index contributed by atoms with van der Waals surface area (Å²) in [5.41, 5.74) is 4.89. The number of ether oxygens (including phenoxy) is 5. The number of carbonyl (C=O) groups is 5. The first-order valence-electron chi connectivity index (χ1n) is 16.7. The van der Waals surface area contributed by atoms with E-state index in [1.807, 2.05) is 50.2 Å². The van der Waals surface area contributed by atoms with Crippen LogP contribution >= 0.6 is 0 Å². The van der Waals surface area contributed by atoms with Gasteiger partial charge in [0.15, 0.2) is 24.4 Å². The van der Waals surface area contributed by atoms with E-state index in [-0.39, 0.29) is 11.7 Å². The fourth-order valence-electron chi connectivity index (χ4n) is 6.51. The molecule has 2 aliphatic rings. The number of nitrogens with zero attached hydrogens (tertiary/aromatic N) is 7. The Morgan fingerprint density at radius 1 is 0.830 bits per heavy atom. The van der Waals surface area contributed by atoms with Crippen LogP contribution in [-0.4, -0.2) is 91.5 Å². The lowest BCUT2D eigenvalue weighted by atomic mass is 9.97. The Hall–Kier alpha value is -6.10. The highest BCUT2D eigenvalue weighted by atomic mass is 16.7. The predicted molar refractivity (Wildman–Crippen MR) is 182 cm³/mol. The molecule has 6 rings (SSSR count). The predicted octanol–water partition coefficient (Wildman–Crippen LogP) is 2.76. The van der Waals surface area contributed by atoms with Crippen molar-refractivity contribution < 1.29 is 47.7 Å². The zero-order valence-electron chi connectivity index (χ0n) is 29.8. The maximum Gasteiger partial charge on any atom is 0.339 e. The zero-order valence-corrected chi connectivity index (χ0v) is 29.8. The van der Waals surface area contributed by atoms with Gasteiger partial charge in [-0.2, -0.15) is 0 Å². The van der Waals surface area contributed by atoms with Crippen LogP contribution in [0.1, 0.15) is 56.1 Å². The number of hydrogen-bond acceptors (Lipinski definition) is 15. The van der Waals surface area contributed by atoms with Crippen LogP contribution in [-0.2, 0) is 60.6 Å². The van der Waals surface area contributed by atoms with E-state index in [1.165, 1.54) is 0 Å². The molecule has 0 spiro atoms. The normalized spacial score (nSPS) is 21.0. The number of hydrogen-bond donors (Lipinski definition) is 0. The van der Waals surface area contributed by atoms with E-state index in [0.29, 0.717) is 36.6 Å². The maximum absolute atomic E-state index is 13.0. The van der Waals surface area contributed by atoms with Crippen molar-refractivity contribution in [3.63, 3.8) is 0 Å². The molecule has 17 nitrogen and oxygen atoms in total. The van der Waals surface area contributed by atoms with Crippen LogP contribution in [0.3, 0.4) is 0 Å². The maximum atomic E-state index is 13.0. The van der Waals surface area contributed by atoms with Gasteiger partial charge in [-0.1, -0.05) is 48.5 Å². The van der Waals surface area contributed by atoms with E-state index >= 15 is 0 Å². The number of rotatable bonds is 9. The zero-order chi connectivity index (χ0) is 38.0. The van der Waals surface area contributed by atoms with Gasteiger partial charge in [-0.05, 0) is 42.2 Å². The molecule has 5 atom stereocenters. The van der Waals surface area contributed by atoms with E-state index in [2.05, 4.69) is 25.4 Å². The number of anilines is 1. The minimum absolute atomic E-state index is 0.00421. The highest BCUT2D eigenvalue weighted by molar-refractivity contribution is 5.95. The number of carbonyl (C=O) groups excluding carboxylic acids is 5. The third-order valence-electron chi connectivity index (χ3n) is 8.73. The topological polar surface area (TPSA) is 204 Å². The number of fused-ring (bicyclic) bond motifs is 1. The van der Waals surface area contributed by atoms with Crippen LogP contribution in [0.2, 0.25) is 0 Å². The van der Waals surface area contributed by atoms with Gasteiger partial charge in [-0.15, -0.1) is 15.0 Å². The first kappa shape index (κ1) is 36.7. The quantitative estimate of drug-likeness (QED) is 0.180. The van der Waals surface area contributed by atoms with Gasteiger partial charge in [-0.3, -0.25) is 24.1 Å². The number of aryl methyl sites for hydroxylation is 2. The highest BCUT2D eigenvalue weighted by Gasteiger charge is 2.56. The van der Waals surface area contributed by atoms with Gasteiger partial charge in [0.2, 0.25) is 18.0 Å². The first-order chi connectivity index (χ1) is 25.3. The van der Waals surface area contributed by atoms with E-state index in [9.17, 15) is 24.0 Å². The fraction of sp³-hybridized carbons (Fsp3) is 0.389. The Morgan fingerprint density at radius 3 is 2.13 bits per heavy atom. The van der Waals surface area contributed by atoms with Gasteiger partial charge in [0.25, 0.3) is 0 Å². The van der Waals surface area contributed by atoms with Gasteiger partial charge in [0.1, 0.15) is 11.6 Å². The lowest BCUT2D eigenvalue weighted by Gasteiger charge is -2.42. The first-order valence-corrected chi connectivity index (χ1v) is 16.7. The molecule has 0 unspecified atom stereocenters. The number of methoxy groups -OCH3 is 1. The van der Waals surface area contributed by atoms with E-state index in [1.54, 1.807) is 17.0 Å². The van der Waals surface area contributed by atoms with E-state index in [4.69, 9.17) is 23.7 Å². The molecular weight excluding hydrogens is 690 g/mol. The smallest absolute Gasteiger partial charge is 0.339 e. The van der Waals surface area contributed by atoms with Crippen molar-refractivity contribution in [1.82, 2.24) is 30.2 Å². The van der Waals surface area contributed by atoms with Crippen molar-refractivity contribution in [2.75, 3.05) is 12.0 Å². The Balaban J connectivity index is 1.31. The summed E-state index contributed by atoms with van der Waals surface area (Å²) < 4.78 is 27.2. The molecule has 0 radical (unpaired) electrons. The lowest BCUT2D eigenvalue weighted by molar-refractivity contribution is -0.267. The van der Waals surface area contributed by atoms with Crippen LogP contribution < -0.4 is 4.90 Å². The number of esters is 4. The number of amides is 1. The largest absolute Gasteiger partial charge is 0.467 e. The van der Waals surface area contributed by atoms with Crippen LogP contribution in [0.4, 0.5) is 5.82 Å². The molecule has 17 heteroatoms. The van der Waals surface area contributed by atoms with Gasteiger partial charge in [-0.25, -0.2) is 14.8 Å². The van der Waals surface area contributed by atoms with E-state index in [0.717, 1.165) is 60.6 Å². The molecule has 276 valence electrons. The lowest BCUT2D eigenvalue weighted by Crippen LogP contribution is -2.61. The molecule has 2 aromatic carbocycles. The second-order valence-corrected chi connectivity index (χ2v) is 12.5. The van der Waals surface area contributed by atoms with Gasteiger partial charge < -0.3 is 23.7 Å². The minimum atomic E-state index is -1.63. The highest BCUT2D eigenvalue weighted by Crippen LogP contribution is 2.36. The molecule has 2 aromatic heterocycles. The summed E-state index contributed by atoms with van der Waals surface area (Å²) >= 11 is 0. The van der Waals surface area contributed by atoms with Crippen molar-refractivity contribution >= 4 is 35.6 Å². The SMILES string of the molecule is COC(=O)[C@H]1O[C@@H](n2nnc(-c3ccccc3-c3ccc(CN4C(=O)CCc5c(C)nc(C)nc54)cc3)n2)[C@H](OC(C)=O)[C@@H](OC(C)=O)[C@@H]1OC(C)=O. The minimum Gasteiger partial charge on any atom is -0.467 e. The van der Waals surface area contributed by atoms with E-state index < -0.39 is 54.5 Å². The summed E-state index contributed by atoms with van der Waals surface area (Å²) in [4.78, 5) is 74.1. The van der Waals surface area contributed by atoms with Gasteiger partial charge in [0, 0.05) is 44.0 Å². The standard InChI is InChI=1S/C36H37N7O10/c1-18-25-15-16-28(47)42(34(25)38-19(2)37-18)17-23-11-13-24(14-12-23)26-9-7-8-10-27(26)33-39-41-43(40-33)35-31(52-22(5)46)29(50-20(3)44)30(51-21(4)45)32(53-35)36(48)49-6/h7-14,29-32,35H,15-17H2,1-6H3/t29-,30-,31+,32-,35+/m0/s1. The summed E-state index contributed by atoms with van der Waals surface area (Å²) in [7, 11) is 1.10. The Morgan fingerprint density at radius 2 is 1.47 bits per heavy atom. The molecule has 4 heterocycles. The molecule has 4 aromatic rings. The van der Waals surface area contributed by atoms with Crippen LogP contribution in [0.15, 0.2) is 48.5 Å². The van der Waals surface area contributed by atoms with Gasteiger partial charge in [0.05, 0.1) is 13.7 Å². The Kier molecular flexibility index (Phi) is 10.6. The van der Waals surface area contributed by atoms with Crippen LogP contribution in [0, 0.1) is 13.8 Å².